The van der Waals surface area contributed by atoms with Gasteiger partial charge in [-0.2, -0.15) is 0 Å². The van der Waals surface area contributed by atoms with E-state index in [1.165, 1.54) is 13.3 Å². The van der Waals surface area contributed by atoms with Crippen molar-refractivity contribution in [1.82, 2.24) is 10.3 Å². The molecule has 9 heteroatoms. The Morgan fingerprint density at radius 3 is 2.61 bits per heavy atom. The molecule has 2 unspecified atom stereocenters. The molecule has 28 heavy (non-hydrogen) atoms. The topological polar surface area (TPSA) is 127 Å². The van der Waals surface area contributed by atoms with Gasteiger partial charge in [0.25, 0.3) is 0 Å². The average Bonchev–Trinajstić information content (AvgIpc) is 2.86. The molecule has 2 heterocycles. The number of nitro groups is 1. The molecule has 2 atom stereocenters. The number of aliphatic imine (C=N–C) groups is 1. The zero-order chi connectivity index (χ0) is 20.3. The van der Waals surface area contributed by atoms with Gasteiger partial charge in [-0.25, -0.2) is 0 Å². The summed E-state index contributed by atoms with van der Waals surface area (Å²) in [6.07, 6.45) is 3.10. The number of rotatable bonds is 4. The third-order valence-corrected chi connectivity index (χ3v) is 4.45. The number of pyridine rings is 1. The van der Waals surface area contributed by atoms with Crippen LogP contribution in [0, 0.1) is 10.1 Å². The molecule has 0 fully saturated rings. The second-order valence-corrected chi connectivity index (χ2v) is 6.07. The number of hydrogen-bond acceptors (Lipinski definition) is 7. The predicted molar refractivity (Wildman–Crippen MR) is 102 cm³/mol. The van der Waals surface area contributed by atoms with E-state index in [-0.39, 0.29) is 5.69 Å². The number of ether oxygens (including phenoxy) is 1. The monoisotopic (exact) mass is 382 g/mol. The SMILES string of the molecule is CO/C(C)=C(/c1cccnc1)C1NC(C(=O)O)c2ccccc2N=C1[N+](=O)[O-]. The highest BCUT2D eigenvalue weighted by Gasteiger charge is 2.41. The summed E-state index contributed by atoms with van der Waals surface area (Å²) in [5, 5.41) is 24.5. The molecule has 1 aliphatic rings. The Kier molecular flexibility index (Phi) is 5.46. The van der Waals surface area contributed by atoms with E-state index in [0.717, 1.165) is 0 Å². The first-order valence-corrected chi connectivity index (χ1v) is 8.40. The maximum atomic E-state index is 11.9. The molecule has 9 nitrogen and oxygen atoms in total. The van der Waals surface area contributed by atoms with Crippen molar-refractivity contribution in [1.29, 1.82) is 0 Å². The van der Waals surface area contributed by atoms with Gasteiger partial charge in [0, 0.05) is 29.1 Å². The standard InChI is InChI=1S/C19H18N4O5/c1-11(28-2)15(12-6-5-9-20-10-12)17-18(23(26)27)21-14-8-4-3-7-13(14)16(22-17)19(24)25/h3-10,16-17,22H,1-2H3,(H,24,25)/b15-11-. The lowest BCUT2D eigenvalue weighted by Crippen LogP contribution is -2.44. The number of methoxy groups -OCH3 is 1. The third-order valence-electron chi connectivity index (χ3n) is 4.45. The van der Waals surface area contributed by atoms with Crippen molar-refractivity contribution in [2.75, 3.05) is 7.11 Å². The summed E-state index contributed by atoms with van der Waals surface area (Å²) < 4.78 is 5.35. The maximum absolute atomic E-state index is 11.9. The van der Waals surface area contributed by atoms with Crippen LogP contribution >= 0.6 is 0 Å². The fraction of sp³-hybridized carbons (Fsp3) is 0.211. The molecule has 1 aromatic carbocycles. The number of amidine groups is 1. The van der Waals surface area contributed by atoms with Crippen LogP contribution in [0.1, 0.15) is 24.1 Å². The van der Waals surface area contributed by atoms with Crippen LogP contribution in [0.5, 0.6) is 0 Å². The maximum Gasteiger partial charge on any atom is 0.361 e. The molecule has 0 amide bonds. The zero-order valence-corrected chi connectivity index (χ0v) is 15.2. The molecule has 2 N–H and O–H groups in total. The number of benzene rings is 1. The van der Waals surface area contributed by atoms with Crippen molar-refractivity contribution in [2.24, 2.45) is 4.99 Å². The van der Waals surface area contributed by atoms with Crippen molar-refractivity contribution < 1.29 is 19.6 Å². The van der Waals surface area contributed by atoms with Crippen LogP contribution < -0.4 is 5.32 Å². The van der Waals surface area contributed by atoms with E-state index < -0.39 is 28.8 Å². The van der Waals surface area contributed by atoms with Crippen LogP contribution in [0.4, 0.5) is 5.69 Å². The number of nitrogens with zero attached hydrogens (tertiary/aromatic N) is 3. The van der Waals surface area contributed by atoms with Crippen molar-refractivity contribution in [3.05, 3.63) is 75.8 Å². The first-order chi connectivity index (χ1) is 13.4. The lowest BCUT2D eigenvalue weighted by atomic mass is 9.96. The number of carbonyl (C=O) groups is 1. The highest BCUT2D eigenvalue weighted by Crippen LogP contribution is 2.33. The van der Waals surface area contributed by atoms with Crippen LogP contribution in [0.2, 0.25) is 0 Å². The quantitative estimate of drug-likeness (QED) is 0.472. The number of hydrogen-bond donors (Lipinski definition) is 2. The highest BCUT2D eigenvalue weighted by molar-refractivity contribution is 5.98. The molecular weight excluding hydrogens is 364 g/mol. The molecule has 0 spiro atoms. The summed E-state index contributed by atoms with van der Waals surface area (Å²) in [4.78, 5) is 31.5. The van der Waals surface area contributed by atoms with Gasteiger partial charge in [0.05, 0.1) is 12.9 Å². The Morgan fingerprint density at radius 1 is 1.25 bits per heavy atom. The summed E-state index contributed by atoms with van der Waals surface area (Å²) >= 11 is 0. The summed E-state index contributed by atoms with van der Waals surface area (Å²) in [6, 6.07) is 7.52. The molecule has 3 rings (SSSR count). The molecule has 0 aliphatic carbocycles. The van der Waals surface area contributed by atoms with Gasteiger partial charge in [-0.3, -0.25) is 15.1 Å². The second kappa shape index (κ2) is 7.97. The molecule has 144 valence electrons. The van der Waals surface area contributed by atoms with E-state index in [0.29, 0.717) is 22.5 Å². The van der Waals surface area contributed by atoms with Gasteiger partial charge >= 0.3 is 11.8 Å². The number of aromatic nitrogens is 1. The average molecular weight is 382 g/mol. The predicted octanol–water partition coefficient (Wildman–Crippen LogP) is 2.56. The highest BCUT2D eigenvalue weighted by atomic mass is 16.6. The Morgan fingerprint density at radius 2 is 2.00 bits per heavy atom. The van der Waals surface area contributed by atoms with Crippen molar-refractivity contribution in [3.8, 4) is 0 Å². The molecule has 1 aromatic heterocycles. The van der Waals surface area contributed by atoms with Gasteiger partial charge in [-0.05, 0) is 29.0 Å². The lowest BCUT2D eigenvalue weighted by molar-refractivity contribution is -0.353. The number of nitrogens with one attached hydrogen (secondary N) is 1. The van der Waals surface area contributed by atoms with Crippen molar-refractivity contribution in [3.63, 3.8) is 0 Å². The largest absolute Gasteiger partial charge is 0.501 e. The summed E-state index contributed by atoms with van der Waals surface area (Å²) in [5.74, 6) is -1.21. The molecule has 2 aromatic rings. The molecule has 0 saturated heterocycles. The first kappa shape index (κ1) is 19.2. The van der Waals surface area contributed by atoms with Crippen molar-refractivity contribution >= 4 is 23.1 Å². The summed E-state index contributed by atoms with van der Waals surface area (Å²) in [5.41, 5.74) is 1.53. The number of allylic oxidation sites excluding steroid dienone is 1. The summed E-state index contributed by atoms with van der Waals surface area (Å²) in [6.45, 7) is 1.65. The van der Waals surface area contributed by atoms with Crippen molar-refractivity contribution in [2.45, 2.75) is 19.0 Å². The minimum absolute atomic E-state index is 0.234. The van der Waals surface area contributed by atoms with E-state index in [2.05, 4.69) is 15.3 Å². The van der Waals surface area contributed by atoms with E-state index in [1.54, 1.807) is 49.5 Å². The number of carboxylic acids is 1. The van der Waals surface area contributed by atoms with Gasteiger partial charge in [0.1, 0.15) is 12.1 Å². The van der Waals surface area contributed by atoms with Crippen LogP contribution in [-0.4, -0.2) is 40.0 Å². The third kappa shape index (κ3) is 3.60. The Hall–Kier alpha value is -3.59. The van der Waals surface area contributed by atoms with Crippen LogP contribution in [0.15, 0.2) is 59.5 Å². The molecule has 1 aliphatic heterocycles. The number of para-hydroxylation sites is 1. The lowest BCUT2D eigenvalue weighted by Gasteiger charge is -2.23. The normalized spacial score (nSPS) is 19.6. The van der Waals surface area contributed by atoms with E-state index in [1.807, 2.05) is 0 Å². The smallest absolute Gasteiger partial charge is 0.361 e. The number of aliphatic carboxylic acids is 1. The van der Waals surface area contributed by atoms with Gasteiger partial charge < -0.3 is 20.0 Å². The fourth-order valence-electron chi connectivity index (χ4n) is 3.12. The Bertz CT molecular complexity index is 971. The number of fused-ring (bicyclic) bond motifs is 1. The van der Waals surface area contributed by atoms with E-state index in [4.69, 9.17) is 4.74 Å². The van der Waals surface area contributed by atoms with Gasteiger partial charge in [0.15, 0.2) is 5.69 Å². The van der Waals surface area contributed by atoms with Crippen LogP contribution in [-0.2, 0) is 9.53 Å². The summed E-state index contributed by atoms with van der Waals surface area (Å²) in [7, 11) is 1.44. The second-order valence-electron chi connectivity index (χ2n) is 6.07. The molecule has 0 radical (unpaired) electrons. The van der Waals surface area contributed by atoms with E-state index in [9.17, 15) is 20.0 Å². The van der Waals surface area contributed by atoms with Gasteiger partial charge in [0.2, 0.25) is 0 Å². The molecule has 0 saturated carbocycles. The number of carboxylic acid groups (broad SMARTS) is 1. The van der Waals surface area contributed by atoms with E-state index >= 15 is 0 Å². The Labute approximate surface area is 160 Å². The first-order valence-electron chi connectivity index (χ1n) is 8.40. The minimum atomic E-state index is -1.20. The van der Waals surface area contributed by atoms with Gasteiger partial charge in [-0.1, -0.05) is 24.3 Å². The zero-order valence-electron chi connectivity index (χ0n) is 15.2. The Balaban J connectivity index is 2.25. The van der Waals surface area contributed by atoms with Crippen LogP contribution in [0.25, 0.3) is 5.57 Å². The fourth-order valence-corrected chi connectivity index (χ4v) is 3.12. The molecular formula is C19H18N4O5. The van der Waals surface area contributed by atoms with Gasteiger partial charge in [-0.15, -0.1) is 0 Å². The van der Waals surface area contributed by atoms with Crippen LogP contribution in [0.3, 0.4) is 0 Å². The molecule has 0 bridgehead atoms. The minimum Gasteiger partial charge on any atom is -0.501 e.